The summed E-state index contributed by atoms with van der Waals surface area (Å²) in [4.78, 5) is 25.2. The topological polar surface area (TPSA) is 78.2 Å². The number of esters is 1. The molecule has 1 amide bonds. The summed E-state index contributed by atoms with van der Waals surface area (Å²) < 4.78 is 8.34. The maximum Gasteiger partial charge on any atom is 0.339 e. The van der Waals surface area contributed by atoms with Crippen LogP contribution in [0.1, 0.15) is 26.3 Å². The molecule has 0 bridgehead atoms. The van der Waals surface area contributed by atoms with Crippen LogP contribution in [0, 0.1) is 6.92 Å². The SMILES string of the molecule is COC(=O)c1ccccc1NC(=O)c1cnn(-c2ccc(C)cc2)c1-n1cccc1. The second-order valence-electron chi connectivity index (χ2n) is 6.71. The summed E-state index contributed by atoms with van der Waals surface area (Å²) in [5, 5.41) is 7.26. The Balaban J connectivity index is 1.76. The molecule has 0 saturated carbocycles. The van der Waals surface area contributed by atoms with Gasteiger partial charge in [0.05, 0.1) is 30.2 Å². The Bertz CT molecular complexity index is 1190. The molecule has 2 aromatic heterocycles. The average molecular weight is 400 g/mol. The molecule has 150 valence electrons. The van der Waals surface area contributed by atoms with E-state index in [4.69, 9.17) is 4.74 Å². The Labute approximate surface area is 173 Å². The van der Waals surface area contributed by atoms with Crippen molar-refractivity contribution >= 4 is 17.6 Å². The van der Waals surface area contributed by atoms with Crippen molar-refractivity contribution in [1.29, 1.82) is 0 Å². The van der Waals surface area contributed by atoms with Gasteiger partial charge in [0, 0.05) is 12.4 Å². The van der Waals surface area contributed by atoms with Crippen molar-refractivity contribution in [2.45, 2.75) is 6.92 Å². The van der Waals surface area contributed by atoms with E-state index in [0.717, 1.165) is 11.3 Å². The van der Waals surface area contributed by atoms with Gasteiger partial charge in [0.2, 0.25) is 0 Å². The van der Waals surface area contributed by atoms with Crippen LogP contribution in [0.5, 0.6) is 0 Å². The number of nitrogens with one attached hydrogen (secondary N) is 1. The van der Waals surface area contributed by atoms with Crippen molar-refractivity contribution in [1.82, 2.24) is 14.3 Å². The van der Waals surface area contributed by atoms with Crippen LogP contribution in [0.15, 0.2) is 79.3 Å². The standard InChI is InChI=1S/C23H20N4O3/c1-16-9-11-17(12-10-16)27-22(26-13-5-6-14-26)19(15-24-27)21(28)25-20-8-4-3-7-18(20)23(29)30-2/h3-15H,1-2H3,(H,25,28). The van der Waals surface area contributed by atoms with E-state index in [1.165, 1.54) is 13.3 Å². The van der Waals surface area contributed by atoms with E-state index >= 15 is 0 Å². The fraction of sp³-hybridized carbons (Fsp3) is 0.0870. The van der Waals surface area contributed by atoms with Crippen molar-refractivity contribution in [3.8, 4) is 11.5 Å². The second-order valence-corrected chi connectivity index (χ2v) is 6.71. The van der Waals surface area contributed by atoms with Crippen molar-refractivity contribution < 1.29 is 14.3 Å². The first-order valence-electron chi connectivity index (χ1n) is 9.35. The van der Waals surface area contributed by atoms with E-state index in [2.05, 4.69) is 10.4 Å². The van der Waals surface area contributed by atoms with E-state index in [1.807, 2.05) is 60.3 Å². The Morgan fingerprint density at radius 1 is 0.933 bits per heavy atom. The van der Waals surface area contributed by atoms with Crippen LogP contribution in [0.4, 0.5) is 5.69 Å². The van der Waals surface area contributed by atoms with Gasteiger partial charge in [-0.3, -0.25) is 4.79 Å². The number of amides is 1. The molecule has 2 heterocycles. The van der Waals surface area contributed by atoms with Gasteiger partial charge in [-0.1, -0.05) is 29.8 Å². The van der Waals surface area contributed by atoms with Crippen molar-refractivity contribution in [2.24, 2.45) is 0 Å². The van der Waals surface area contributed by atoms with Crippen LogP contribution in [-0.2, 0) is 4.74 Å². The van der Waals surface area contributed by atoms with Crippen molar-refractivity contribution in [2.75, 3.05) is 12.4 Å². The Kier molecular flexibility index (Phi) is 5.17. The predicted octanol–water partition coefficient (Wildman–Crippen LogP) is 4.01. The van der Waals surface area contributed by atoms with Gasteiger partial charge in [-0.05, 0) is 43.3 Å². The number of carbonyl (C=O) groups is 2. The molecule has 0 atom stereocenters. The average Bonchev–Trinajstić information content (AvgIpc) is 3.44. The molecule has 7 nitrogen and oxygen atoms in total. The van der Waals surface area contributed by atoms with Crippen LogP contribution >= 0.6 is 0 Å². The number of para-hydroxylation sites is 1. The highest BCUT2D eigenvalue weighted by molar-refractivity contribution is 6.09. The molecule has 2 aromatic carbocycles. The van der Waals surface area contributed by atoms with Crippen LogP contribution < -0.4 is 5.32 Å². The Morgan fingerprint density at radius 3 is 2.33 bits per heavy atom. The molecule has 0 saturated heterocycles. The highest BCUT2D eigenvalue weighted by Gasteiger charge is 2.21. The van der Waals surface area contributed by atoms with E-state index in [9.17, 15) is 9.59 Å². The molecule has 0 fully saturated rings. The molecular weight excluding hydrogens is 380 g/mol. The first-order valence-corrected chi connectivity index (χ1v) is 9.35. The third-order valence-corrected chi connectivity index (χ3v) is 4.70. The third kappa shape index (κ3) is 3.60. The molecule has 0 unspecified atom stereocenters. The quantitative estimate of drug-likeness (QED) is 0.514. The third-order valence-electron chi connectivity index (χ3n) is 4.70. The molecule has 0 aliphatic carbocycles. The molecule has 0 spiro atoms. The van der Waals surface area contributed by atoms with E-state index in [0.29, 0.717) is 17.1 Å². The summed E-state index contributed by atoms with van der Waals surface area (Å²) in [6, 6.07) is 18.3. The van der Waals surface area contributed by atoms with E-state index in [-0.39, 0.29) is 11.5 Å². The van der Waals surface area contributed by atoms with Gasteiger partial charge in [0.25, 0.3) is 5.91 Å². The molecule has 30 heavy (non-hydrogen) atoms. The molecule has 4 aromatic rings. The number of nitrogens with zero attached hydrogens (tertiary/aromatic N) is 3. The zero-order valence-electron chi connectivity index (χ0n) is 16.6. The number of anilines is 1. The van der Waals surface area contributed by atoms with Gasteiger partial charge in [-0.15, -0.1) is 0 Å². The fourth-order valence-corrected chi connectivity index (χ4v) is 3.17. The Morgan fingerprint density at radius 2 is 1.63 bits per heavy atom. The molecule has 7 heteroatoms. The van der Waals surface area contributed by atoms with Gasteiger partial charge in [0.15, 0.2) is 5.82 Å². The van der Waals surface area contributed by atoms with Crippen molar-refractivity contribution in [3.63, 3.8) is 0 Å². The van der Waals surface area contributed by atoms with Gasteiger partial charge in [0.1, 0.15) is 5.56 Å². The monoisotopic (exact) mass is 400 g/mol. The number of ether oxygens (including phenoxy) is 1. The summed E-state index contributed by atoms with van der Waals surface area (Å²) in [6.07, 6.45) is 5.22. The minimum atomic E-state index is -0.521. The lowest BCUT2D eigenvalue weighted by Crippen LogP contribution is -2.17. The van der Waals surface area contributed by atoms with E-state index in [1.54, 1.807) is 28.9 Å². The molecule has 0 aliphatic rings. The number of methoxy groups -OCH3 is 1. The minimum absolute atomic E-state index is 0.279. The number of carbonyl (C=O) groups excluding carboxylic acids is 2. The lowest BCUT2D eigenvalue weighted by molar-refractivity contribution is 0.0602. The first kappa shape index (κ1) is 19.2. The first-order chi connectivity index (χ1) is 14.6. The normalized spacial score (nSPS) is 10.6. The maximum atomic E-state index is 13.2. The van der Waals surface area contributed by atoms with Gasteiger partial charge in [-0.25, -0.2) is 9.48 Å². The molecule has 1 N–H and O–H groups in total. The van der Waals surface area contributed by atoms with E-state index < -0.39 is 5.97 Å². The predicted molar refractivity (Wildman–Crippen MR) is 113 cm³/mol. The highest BCUT2D eigenvalue weighted by atomic mass is 16.5. The lowest BCUT2D eigenvalue weighted by atomic mass is 10.1. The zero-order valence-corrected chi connectivity index (χ0v) is 16.6. The number of hydrogen-bond acceptors (Lipinski definition) is 4. The maximum absolute atomic E-state index is 13.2. The highest BCUT2D eigenvalue weighted by Crippen LogP contribution is 2.23. The van der Waals surface area contributed by atoms with Crippen LogP contribution in [0.25, 0.3) is 11.5 Å². The van der Waals surface area contributed by atoms with Crippen molar-refractivity contribution in [3.05, 3.63) is 95.9 Å². The number of aryl methyl sites for hydroxylation is 1. The summed E-state index contributed by atoms with van der Waals surface area (Å²) in [5.74, 6) is -0.308. The Hall–Kier alpha value is -4.13. The van der Waals surface area contributed by atoms with Crippen LogP contribution in [0.3, 0.4) is 0 Å². The molecule has 0 radical (unpaired) electrons. The summed E-state index contributed by atoms with van der Waals surface area (Å²) in [7, 11) is 1.30. The summed E-state index contributed by atoms with van der Waals surface area (Å²) >= 11 is 0. The number of benzene rings is 2. The summed E-state index contributed by atoms with van der Waals surface area (Å²) in [6.45, 7) is 2.01. The minimum Gasteiger partial charge on any atom is -0.465 e. The second kappa shape index (κ2) is 8.08. The van der Waals surface area contributed by atoms with Crippen LogP contribution in [-0.4, -0.2) is 33.3 Å². The molecular formula is C23H20N4O3. The molecule has 4 rings (SSSR count). The zero-order chi connectivity index (χ0) is 21.1. The molecule has 0 aliphatic heterocycles. The fourth-order valence-electron chi connectivity index (χ4n) is 3.17. The summed E-state index contributed by atoms with van der Waals surface area (Å²) in [5.41, 5.74) is 2.98. The van der Waals surface area contributed by atoms with Gasteiger partial charge in [-0.2, -0.15) is 5.10 Å². The number of rotatable bonds is 5. The smallest absolute Gasteiger partial charge is 0.339 e. The van der Waals surface area contributed by atoms with Gasteiger partial charge < -0.3 is 14.6 Å². The van der Waals surface area contributed by atoms with Gasteiger partial charge >= 0.3 is 5.97 Å². The van der Waals surface area contributed by atoms with Crippen LogP contribution in [0.2, 0.25) is 0 Å². The number of hydrogen-bond donors (Lipinski definition) is 1. The lowest BCUT2D eigenvalue weighted by Gasteiger charge is -2.12. The number of aromatic nitrogens is 3. The largest absolute Gasteiger partial charge is 0.465 e.